The third kappa shape index (κ3) is 5.89. The maximum Gasteiger partial charge on any atom is 0.333 e. The number of hydrogen-bond donors (Lipinski definition) is 4. The van der Waals surface area contributed by atoms with Gasteiger partial charge in [-0.2, -0.15) is 0 Å². The van der Waals surface area contributed by atoms with E-state index < -0.39 is 23.3 Å². The van der Waals surface area contributed by atoms with Crippen LogP contribution < -0.4 is 16.8 Å². The number of nitrogens with two attached hydrogens (primary N) is 2. The number of nitrogens with one attached hydrogen (secondary N) is 1. The van der Waals surface area contributed by atoms with Crippen molar-refractivity contribution in [1.29, 1.82) is 0 Å². The number of pyridine rings is 2. The molecule has 0 amide bonds. The highest BCUT2D eigenvalue weighted by Gasteiger charge is 2.47. The summed E-state index contributed by atoms with van der Waals surface area (Å²) < 4.78 is 1.99. The van der Waals surface area contributed by atoms with Crippen molar-refractivity contribution in [2.75, 3.05) is 0 Å². The fourth-order valence-electron chi connectivity index (χ4n) is 3.63. The van der Waals surface area contributed by atoms with E-state index in [2.05, 4.69) is 15.3 Å². The maximum atomic E-state index is 13.1. The summed E-state index contributed by atoms with van der Waals surface area (Å²) in [7, 11) is 1.94. The number of rotatable bonds is 12. The Kier molecular flexibility index (Phi) is 8.05. The summed E-state index contributed by atoms with van der Waals surface area (Å²) in [5.74, 6) is -2.19. The van der Waals surface area contributed by atoms with Crippen LogP contribution in [0.25, 0.3) is 0 Å². The Morgan fingerprint density at radius 2 is 1.88 bits per heavy atom. The van der Waals surface area contributed by atoms with Crippen molar-refractivity contribution in [1.82, 2.24) is 19.9 Å². The van der Waals surface area contributed by atoms with Crippen LogP contribution >= 0.6 is 0 Å². The monoisotopic (exact) mass is 450 g/mol. The van der Waals surface area contributed by atoms with Gasteiger partial charge in [-0.15, -0.1) is 0 Å². The zero-order valence-corrected chi connectivity index (χ0v) is 18.6. The largest absolute Gasteiger partial charge is 0.479 e. The normalized spacial score (nSPS) is 13.9. The van der Waals surface area contributed by atoms with Crippen LogP contribution in [0.1, 0.15) is 40.3 Å². The van der Waals surface area contributed by atoms with Gasteiger partial charge < -0.3 is 26.5 Å². The number of Topliss-reactive ketones (excluding diaryl/α,β-unsaturated/α-hetero) is 1. The molecule has 3 rings (SSSR count). The van der Waals surface area contributed by atoms with Crippen LogP contribution in [0.5, 0.6) is 0 Å². The van der Waals surface area contributed by atoms with Crippen molar-refractivity contribution in [3.63, 3.8) is 0 Å². The first-order valence-electron chi connectivity index (χ1n) is 10.8. The predicted octanol–water partition coefficient (Wildman–Crippen LogP) is 1.42. The number of aromatic nitrogens is 3. The lowest BCUT2D eigenvalue weighted by Gasteiger charge is -2.29. The average Bonchev–Trinajstić information content (AvgIpc) is 3.23. The fourth-order valence-corrected chi connectivity index (χ4v) is 3.63. The van der Waals surface area contributed by atoms with E-state index in [9.17, 15) is 14.7 Å². The zero-order chi connectivity index (χ0) is 23.8. The smallest absolute Gasteiger partial charge is 0.333 e. The molecular formula is C24H30N6O3. The molecule has 3 aromatic rings. The number of aryl methyl sites for hydroxylation is 2. The number of carboxylic acids is 1. The van der Waals surface area contributed by atoms with Gasteiger partial charge in [0, 0.05) is 56.0 Å². The molecule has 33 heavy (non-hydrogen) atoms. The van der Waals surface area contributed by atoms with E-state index in [1.807, 2.05) is 48.1 Å². The fraction of sp³-hybridized carbons (Fsp3) is 0.333. The minimum atomic E-state index is -2.23. The van der Waals surface area contributed by atoms with Gasteiger partial charge in [-0.05, 0) is 55.7 Å². The van der Waals surface area contributed by atoms with Crippen molar-refractivity contribution in [3.8, 4) is 0 Å². The standard InChI is InChI=1S/C24H30N6O3/c1-30-13-5-8-20(30)7-4-9-21(25)24(26,23(32)33)22(31)17-10-11-19(29-14-17)16-27-15-18-6-2-3-12-28-18/h2-3,5-6,8,10-14,21,27H,4,7,9,15-16,25-26H2,1H3,(H,32,33)/t21?,24-/m0/s1. The van der Waals surface area contributed by atoms with Crippen molar-refractivity contribution in [2.45, 2.75) is 43.9 Å². The van der Waals surface area contributed by atoms with Crippen LogP contribution in [-0.4, -0.2) is 43.0 Å². The third-order valence-corrected chi connectivity index (χ3v) is 5.74. The lowest BCUT2D eigenvalue weighted by atomic mass is 9.81. The summed E-state index contributed by atoms with van der Waals surface area (Å²) in [6.07, 6.45) is 6.63. The van der Waals surface area contributed by atoms with Crippen LogP contribution in [0.15, 0.2) is 61.1 Å². The number of carbonyl (C=O) groups is 2. The molecule has 6 N–H and O–H groups in total. The molecular weight excluding hydrogens is 420 g/mol. The van der Waals surface area contributed by atoms with E-state index in [0.717, 1.165) is 11.4 Å². The van der Waals surface area contributed by atoms with Gasteiger partial charge in [0.1, 0.15) is 0 Å². The molecule has 0 radical (unpaired) electrons. The second-order valence-electron chi connectivity index (χ2n) is 8.08. The number of carboxylic acid groups (broad SMARTS) is 1. The molecule has 3 aromatic heterocycles. The molecule has 0 fully saturated rings. The summed E-state index contributed by atoms with van der Waals surface area (Å²) >= 11 is 0. The zero-order valence-electron chi connectivity index (χ0n) is 18.6. The van der Waals surface area contributed by atoms with Gasteiger partial charge in [-0.3, -0.25) is 14.8 Å². The lowest BCUT2D eigenvalue weighted by Crippen LogP contribution is -2.66. The Hall–Kier alpha value is -3.40. The summed E-state index contributed by atoms with van der Waals surface area (Å²) in [6, 6.07) is 11.8. The molecule has 0 saturated heterocycles. The Bertz CT molecular complexity index is 1070. The molecule has 9 heteroatoms. The summed E-state index contributed by atoms with van der Waals surface area (Å²) in [6.45, 7) is 1.04. The van der Waals surface area contributed by atoms with Crippen molar-refractivity contribution < 1.29 is 14.7 Å². The summed E-state index contributed by atoms with van der Waals surface area (Å²) in [4.78, 5) is 33.6. The van der Waals surface area contributed by atoms with Crippen molar-refractivity contribution >= 4 is 11.8 Å². The number of hydrogen-bond acceptors (Lipinski definition) is 7. The molecule has 0 bridgehead atoms. The number of aliphatic carboxylic acids is 1. The van der Waals surface area contributed by atoms with Gasteiger partial charge in [-0.25, -0.2) is 4.79 Å². The van der Waals surface area contributed by atoms with Gasteiger partial charge in [0.15, 0.2) is 11.3 Å². The van der Waals surface area contributed by atoms with Gasteiger partial charge in [0.2, 0.25) is 0 Å². The van der Waals surface area contributed by atoms with Crippen molar-refractivity contribution in [2.24, 2.45) is 18.5 Å². The van der Waals surface area contributed by atoms with Gasteiger partial charge in [0.25, 0.3) is 0 Å². The molecule has 3 heterocycles. The predicted molar refractivity (Wildman–Crippen MR) is 124 cm³/mol. The highest BCUT2D eigenvalue weighted by Crippen LogP contribution is 2.19. The molecule has 1 unspecified atom stereocenters. The summed E-state index contributed by atoms with van der Waals surface area (Å²) in [5.41, 5.74) is 12.8. The Balaban J connectivity index is 1.60. The molecule has 2 atom stereocenters. The first kappa shape index (κ1) is 24.2. The quantitative estimate of drug-likeness (QED) is 0.239. The molecule has 9 nitrogen and oxygen atoms in total. The Labute approximate surface area is 192 Å². The van der Waals surface area contributed by atoms with Crippen LogP contribution in [0, 0.1) is 0 Å². The first-order valence-corrected chi connectivity index (χ1v) is 10.8. The van der Waals surface area contributed by atoms with E-state index in [-0.39, 0.29) is 5.56 Å². The molecule has 0 aliphatic carbocycles. The summed E-state index contributed by atoms with van der Waals surface area (Å²) in [5, 5.41) is 13.0. The minimum Gasteiger partial charge on any atom is -0.479 e. The van der Waals surface area contributed by atoms with Gasteiger partial charge in [0.05, 0.1) is 11.4 Å². The van der Waals surface area contributed by atoms with Gasteiger partial charge in [-0.1, -0.05) is 6.07 Å². The topological polar surface area (TPSA) is 149 Å². The molecule has 0 aliphatic heterocycles. The second-order valence-corrected chi connectivity index (χ2v) is 8.08. The maximum absolute atomic E-state index is 13.1. The van der Waals surface area contributed by atoms with Crippen LogP contribution in [0.3, 0.4) is 0 Å². The highest BCUT2D eigenvalue weighted by molar-refractivity contribution is 6.16. The minimum absolute atomic E-state index is 0.117. The van der Waals surface area contributed by atoms with E-state index in [1.165, 1.54) is 12.3 Å². The second kappa shape index (κ2) is 11.0. The molecule has 174 valence electrons. The average molecular weight is 451 g/mol. The van der Waals surface area contributed by atoms with E-state index >= 15 is 0 Å². The first-order chi connectivity index (χ1) is 15.8. The number of ketones is 1. The van der Waals surface area contributed by atoms with Crippen molar-refractivity contribution in [3.05, 3.63) is 83.7 Å². The SMILES string of the molecule is Cn1cccc1CCCC(N)[C@@](N)(C(=O)O)C(=O)c1ccc(CNCc2ccccn2)nc1. The Morgan fingerprint density at radius 1 is 1.12 bits per heavy atom. The van der Waals surface area contributed by atoms with E-state index in [0.29, 0.717) is 38.0 Å². The van der Waals surface area contributed by atoms with Crippen LogP contribution in [0.2, 0.25) is 0 Å². The van der Waals surface area contributed by atoms with E-state index in [1.54, 1.807) is 12.3 Å². The molecule has 0 saturated carbocycles. The van der Waals surface area contributed by atoms with Crippen LogP contribution in [-0.2, 0) is 31.4 Å². The Morgan fingerprint density at radius 3 is 2.45 bits per heavy atom. The van der Waals surface area contributed by atoms with E-state index in [4.69, 9.17) is 11.5 Å². The highest BCUT2D eigenvalue weighted by atomic mass is 16.4. The molecule has 0 spiro atoms. The molecule has 0 aliphatic rings. The van der Waals surface area contributed by atoms with Gasteiger partial charge >= 0.3 is 5.97 Å². The lowest BCUT2D eigenvalue weighted by molar-refractivity contribution is -0.142. The molecule has 0 aromatic carbocycles. The van der Waals surface area contributed by atoms with Crippen LogP contribution in [0.4, 0.5) is 0 Å². The number of nitrogens with zero attached hydrogens (tertiary/aromatic N) is 3. The third-order valence-electron chi connectivity index (χ3n) is 5.74. The number of carbonyl (C=O) groups excluding carboxylic acids is 1.